The van der Waals surface area contributed by atoms with Crippen LogP contribution in [0.5, 0.6) is 0 Å². The minimum atomic E-state index is -0.270. The van der Waals surface area contributed by atoms with Crippen LogP contribution in [0, 0.1) is 11.7 Å². The van der Waals surface area contributed by atoms with Crippen LogP contribution in [0.3, 0.4) is 0 Å². The van der Waals surface area contributed by atoms with Crippen molar-refractivity contribution >= 4 is 35.8 Å². The SMILES string of the molecule is CCNC(=NCC1CCCOC1c1ccccc1)NC1CCN(c2ncccc2F)C1.I. The van der Waals surface area contributed by atoms with Crippen molar-refractivity contribution in [1.29, 1.82) is 0 Å². The average Bonchev–Trinajstić information content (AvgIpc) is 3.27. The van der Waals surface area contributed by atoms with Gasteiger partial charge in [0.1, 0.15) is 0 Å². The van der Waals surface area contributed by atoms with Crippen molar-refractivity contribution in [3.05, 3.63) is 60.0 Å². The first kappa shape index (κ1) is 24.7. The van der Waals surface area contributed by atoms with Crippen molar-refractivity contribution in [2.75, 3.05) is 37.7 Å². The van der Waals surface area contributed by atoms with Gasteiger partial charge in [-0.1, -0.05) is 30.3 Å². The van der Waals surface area contributed by atoms with Gasteiger partial charge in [0, 0.05) is 50.9 Å². The molecule has 3 heterocycles. The molecule has 174 valence electrons. The van der Waals surface area contributed by atoms with Crippen molar-refractivity contribution in [3.8, 4) is 0 Å². The first-order valence-corrected chi connectivity index (χ1v) is 11.3. The van der Waals surface area contributed by atoms with E-state index in [0.29, 0.717) is 24.8 Å². The number of anilines is 1. The molecule has 6 nitrogen and oxygen atoms in total. The summed E-state index contributed by atoms with van der Waals surface area (Å²) in [5.74, 6) is 1.33. The fourth-order valence-electron chi connectivity index (χ4n) is 4.44. The number of guanidine groups is 1. The van der Waals surface area contributed by atoms with Gasteiger partial charge in [0.25, 0.3) is 0 Å². The zero-order valence-electron chi connectivity index (χ0n) is 18.5. The Morgan fingerprint density at radius 3 is 2.84 bits per heavy atom. The van der Waals surface area contributed by atoms with Gasteiger partial charge in [-0.05, 0) is 43.9 Å². The van der Waals surface area contributed by atoms with Gasteiger partial charge < -0.3 is 20.3 Å². The topological polar surface area (TPSA) is 61.8 Å². The number of aromatic nitrogens is 1. The molecule has 2 fully saturated rings. The van der Waals surface area contributed by atoms with E-state index < -0.39 is 0 Å². The maximum atomic E-state index is 14.1. The molecular weight excluding hydrogens is 520 g/mol. The Bertz CT molecular complexity index is 868. The van der Waals surface area contributed by atoms with E-state index in [2.05, 4.69) is 46.8 Å². The molecule has 0 bridgehead atoms. The number of benzene rings is 1. The molecule has 3 atom stereocenters. The molecule has 2 aromatic rings. The number of hydrogen-bond donors (Lipinski definition) is 2. The molecule has 0 saturated carbocycles. The van der Waals surface area contributed by atoms with Crippen LogP contribution in [0.25, 0.3) is 0 Å². The van der Waals surface area contributed by atoms with E-state index in [1.165, 1.54) is 11.6 Å². The first-order valence-electron chi connectivity index (χ1n) is 11.3. The van der Waals surface area contributed by atoms with Gasteiger partial charge in [0.15, 0.2) is 17.6 Å². The third kappa shape index (κ3) is 6.31. The minimum Gasteiger partial charge on any atom is -0.373 e. The Kier molecular flexibility index (Phi) is 9.52. The highest BCUT2D eigenvalue weighted by molar-refractivity contribution is 14.0. The lowest BCUT2D eigenvalue weighted by atomic mass is 9.89. The average molecular weight is 553 g/mol. The molecule has 1 aromatic heterocycles. The Balaban J connectivity index is 0.00000289. The molecular formula is C24H33FIN5O. The van der Waals surface area contributed by atoms with Gasteiger partial charge in [-0.3, -0.25) is 4.99 Å². The van der Waals surface area contributed by atoms with Crippen LogP contribution < -0.4 is 15.5 Å². The third-order valence-corrected chi connectivity index (χ3v) is 5.97. The van der Waals surface area contributed by atoms with Crippen LogP contribution in [-0.2, 0) is 4.74 Å². The molecule has 3 unspecified atom stereocenters. The fourth-order valence-corrected chi connectivity index (χ4v) is 4.44. The summed E-state index contributed by atoms with van der Waals surface area (Å²) in [4.78, 5) is 11.1. The maximum absolute atomic E-state index is 14.1. The molecule has 2 aliphatic heterocycles. The monoisotopic (exact) mass is 553 g/mol. The predicted molar refractivity (Wildman–Crippen MR) is 137 cm³/mol. The highest BCUT2D eigenvalue weighted by atomic mass is 127. The Morgan fingerprint density at radius 2 is 2.06 bits per heavy atom. The molecule has 1 aromatic carbocycles. The lowest BCUT2D eigenvalue weighted by molar-refractivity contribution is -0.0250. The van der Waals surface area contributed by atoms with Crippen LogP contribution in [0.2, 0.25) is 0 Å². The largest absolute Gasteiger partial charge is 0.373 e. The first-order chi connectivity index (χ1) is 15.2. The number of halogens is 2. The number of nitrogens with one attached hydrogen (secondary N) is 2. The minimum absolute atomic E-state index is 0. The summed E-state index contributed by atoms with van der Waals surface area (Å²) in [6.45, 7) is 5.85. The van der Waals surface area contributed by atoms with Crippen molar-refractivity contribution < 1.29 is 9.13 Å². The summed E-state index contributed by atoms with van der Waals surface area (Å²) in [5.41, 5.74) is 1.23. The van der Waals surface area contributed by atoms with Crippen molar-refractivity contribution in [1.82, 2.24) is 15.6 Å². The Hall–Kier alpha value is -1.94. The van der Waals surface area contributed by atoms with Gasteiger partial charge in [-0.15, -0.1) is 24.0 Å². The molecule has 0 amide bonds. The summed E-state index contributed by atoms with van der Waals surface area (Å²) in [6.07, 6.45) is 4.83. The fraction of sp³-hybridized carbons (Fsp3) is 0.500. The Labute approximate surface area is 207 Å². The number of nitrogens with zero attached hydrogens (tertiary/aromatic N) is 3. The van der Waals surface area contributed by atoms with E-state index in [4.69, 9.17) is 9.73 Å². The third-order valence-electron chi connectivity index (χ3n) is 5.97. The summed E-state index contributed by atoms with van der Waals surface area (Å²) >= 11 is 0. The van der Waals surface area contributed by atoms with Crippen LogP contribution >= 0.6 is 24.0 Å². The molecule has 2 saturated heterocycles. The van der Waals surface area contributed by atoms with Gasteiger partial charge in [0.2, 0.25) is 0 Å². The second kappa shape index (κ2) is 12.3. The van der Waals surface area contributed by atoms with E-state index in [1.807, 2.05) is 11.0 Å². The van der Waals surface area contributed by atoms with Gasteiger partial charge in [-0.2, -0.15) is 0 Å². The molecule has 4 rings (SSSR count). The summed E-state index contributed by atoms with van der Waals surface area (Å²) in [7, 11) is 0. The highest BCUT2D eigenvalue weighted by Crippen LogP contribution is 2.33. The molecule has 0 aliphatic carbocycles. The van der Waals surface area contributed by atoms with Crippen LogP contribution in [-0.4, -0.2) is 49.8 Å². The standard InChI is InChI=1S/C24H32FN5O.HI/c1-2-26-24(29-20-12-14-30(17-20)23-21(25)11-6-13-27-23)28-16-19-10-7-15-31-22(19)18-8-4-3-5-9-18;/h3-6,8-9,11,13,19-20,22H,2,7,10,12,14-17H2,1H3,(H2,26,28,29);1H. The molecule has 32 heavy (non-hydrogen) atoms. The Morgan fingerprint density at radius 1 is 1.22 bits per heavy atom. The number of rotatable bonds is 6. The van der Waals surface area contributed by atoms with E-state index in [-0.39, 0.29) is 41.9 Å². The van der Waals surface area contributed by atoms with Crippen LogP contribution in [0.15, 0.2) is 53.7 Å². The van der Waals surface area contributed by atoms with Crippen molar-refractivity contribution in [2.24, 2.45) is 10.9 Å². The van der Waals surface area contributed by atoms with Gasteiger partial charge >= 0.3 is 0 Å². The van der Waals surface area contributed by atoms with Gasteiger partial charge in [-0.25, -0.2) is 9.37 Å². The predicted octanol–water partition coefficient (Wildman–Crippen LogP) is 4.14. The van der Waals surface area contributed by atoms with E-state index >= 15 is 0 Å². The van der Waals surface area contributed by atoms with Crippen LogP contribution in [0.4, 0.5) is 10.2 Å². The second-order valence-electron chi connectivity index (χ2n) is 8.21. The molecule has 2 N–H and O–H groups in total. The number of aliphatic imine (C=N–C) groups is 1. The zero-order chi connectivity index (χ0) is 21.5. The van der Waals surface area contributed by atoms with E-state index in [0.717, 1.165) is 44.9 Å². The number of pyridine rings is 1. The quantitative estimate of drug-likeness (QED) is 0.320. The van der Waals surface area contributed by atoms with Crippen molar-refractivity contribution in [3.63, 3.8) is 0 Å². The second-order valence-corrected chi connectivity index (χ2v) is 8.21. The lowest BCUT2D eigenvalue weighted by Gasteiger charge is -2.31. The van der Waals surface area contributed by atoms with Gasteiger partial charge in [0.05, 0.1) is 6.10 Å². The van der Waals surface area contributed by atoms with E-state index in [9.17, 15) is 4.39 Å². The molecule has 0 radical (unpaired) electrons. The van der Waals surface area contributed by atoms with Crippen molar-refractivity contribution in [2.45, 2.75) is 38.3 Å². The normalized spacial score (nSPS) is 23.5. The molecule has 0 spiro atoms. The smallest absolute Gasteiger partial charge is 0.191 e. The lowest BCUT2D eigenvalue weighted by Crippen LogP contribution is -2.45. The summed E-state index contributed by atoms with van der Waals surface area (Å²) < 4.78 is 20.2. The molecule has 2 aliphatic rings. The molecule has 8 heteroatoms. The maximum Gasteiger partial charge on any atom is 0.191 e. The summed E-state index contributed by atoms with van der Waals surface area (Å²) in [6, 6.07) is 13.7. The number of hydrogen-bond acceptors (Lipinski definition) is 4. The van der Waals surface area contributed by atoms with Crippen LogP contribution in [0.1, 0.15) is 37.9 Å². The highest BCUT2D eigenvalue weighted by Gasteiger charge is 2.28. The zero-order valence-corrected chi connectivity index (χ0v) is 20.9. The number of ether oxygens (including phenoxy) is 1. The summed E-state index contributed by atoms with van der Waals surface area (Å²) in [5, 5.41) is 6.90. The van der Waals surface area contributed by atoms with E-state index in [1.54, 1.807) is 12.3 Å².